The Labute approximate surface area is 147 Å². The normalized spacial score (nSPS) is 25.0. The molecule has 2 aliphatic rings. The van der Waals surface area contributed by atoms with E-state index in [1.807, 2.05) is 6.92 Å². The van der Waals surface area contributed by atoms with Crippen LogP contribution in [-0.4, -0.2) is 29.1 Å². The Balaban J connectivity index is 0.00000208. The lowest BCUT2D eigenvalue weighted by Gasteiger charge is -2.42. The molecule has 2 nitrogen and oxygen atoms in total. The Bertz CT molecular complexity index is 561. The molecule has 136 valence electrons. The molecule has 1 saturated carbocycles. The van der Waals surface area contributed by atoms with E-state index in [0.29, 0.717) is 18.0 Å². The van der Waals surface area contributed by atoms with Gasteiger partial charge in [0, 0.05) is 18.5 Å². The van der Waals surface area contributed by atoms with Crippen LogP contribution in [0.4, 0.5) is 13.2 Å². The molecule has 1 aliphatic carbocycles. The first kappa shape index (κ1) is 19.5. The van der Waals surface area contributed by atoms with E-state index in [9.17, 15) is 18.3 Å². The van der Waals surface area contributed by atoms with Crippen molar-refractivity contribution in [3.05, 3.63) is 35.4 Å². The molecule has 1 aromatic carbocycles. The highest BCUT2D eigenvalue weighted by molar-refractivity contribution is 5.85. The number of halogens is 4. The summed E-state index contributed by atoms with van der Waals surface area (Å²) >= 11 is 0. The second-order valence-corrected chi connectivity index (χ2v) is 6.92. The molecule has 1 aromatic rings. The van der Waals surface area contributed by atoms with Crippen molar-refractivity contribution in [2.75, 3.05) is 13.1 Å². The van der Waals surface area contributed by atoms with Gasteiger partial charge < -0.3 is 5.11 Å². The van der Waals surface area contributed by atoms with Crippen LogP contribution in [0.1, 0.15) is 50.2 Å². The maximum absolute atomic E-state index is 13.0. The summed E-state index contributed by atoms with van der Waals surface area (Å²) in [5, 5.41) is 11.2. The summed E-state index contributed by atoms with van der Waals surface area (Å²) in [4.78, 5) is 2.41. The van der Waals surface area contributed by atoms with Gasteiger partial charge in [0.2, 0.25) is 0 Å². The van der Waals surface area contributed by atoms with Crippen LogP contribution in [0.5, 0.6) is 0 Å². The maximum atomic E-state index is 13.0. The molecule has 1 heterocycles. The fourth-order valence-corrected chi connectivity index (χ4v) is 3.86. The Morgan fingerprint density at radius 1 is 1.17 bits per heavy atom. The highest BCUT2D eigenvalue weighted by Crippen LogP contribution is 2.42. The van der Waals surface area contributed by atoms with Crippen molar-refractivity contribution in [2.45, 2.75) is 56.8 Å². The van der Waals surface area contributed by atoms with Crippen LogP contribution in [0.25, 0.3) is 0 Å². The third-order valence-corrected chi connectivity index (χ3v) is 5.42. The predicted molar refractivity (Wildman–Crippen MR) is 90.2 cm³/mol. The summed E-state index contributed by atoms with van der Waals surface area (Å²) in [6, 6.07) is 5.85. The van der Waals surface area contributed by atoms with Crippen LogP contribution in [0, 0.1) is 5.92 Å². The Hall–Kier alpha value is -0.780. The van der Waals surface area contributed by atoms with Crippen LogP contribution in [-0.2, 0) is 11.8 Å². The molecule has 0 aromatic heterocycles. The molecule has 0 radical (unpaired) electrons. The molecule has 2 fully saturated rings. The molecule has 1 N–H and O–H groups in total. The van der Waals surface area contributed by atoms with Crippen LogP contribution in [0.2, 0.25) is 0 Å². The fourth-order valence-electron chi connectivity index (χ4n) is 3.86. The monoisotopic (exact) mass is 363 g/mol. The SMILES string of the molecule is CCC(O)(c1cccc(C(F)(F)F)c1)C1CCCN(C2CC2)C1.Cl. The molecule has 0 spiro atoms. The van der Waals surface area contributed by atoms with Crippen molar-refractivity contribution in [3.63, 3.8) is 0 Å². The fraction of sp³-hybridized carbons (Fsp3) is 0.667. The van der Waals surface area contributed by atoms with Crippen molar-refractivity contribution in [3.8, 4) is 0 Å². The van der Waals surface area contributed by atoms with Gasteiger partial charge in [-0.05, 0) is 56.3 Å². The van der Waals surface area contributed by atoms with Crippen LogP contribution in [0.15, 0.2) is 24.3 Å². The minimum atomic E-state index is -4.38. The first-order chi connectivity index (χ1) is 10.8. The summed E-state index contributed by atoms with van der Waals surface area (Å²) < 4.78 is 39.0. The summed E-state index contributed by atoms with van der Waals surface area (Å²) in [5.74, 6) is -0.00895. The zero-order chi connectivity index (χ0) is 16.7. The van der Waals surface area contributed by atoms with Gasteiger partial charge in [0.05, 0.1) is 11.2 Å². The lowest BCUT2D eigenvalue weighted by Crippen LogP contribution is -2.46. The second kappa shape index (κ2) is 7.22. The van der Waals surface area contributed by atoms with Gasteiger partial charge in [-0.1, -0.05) is 19.1 Å². The van der Waals surface area contributed by atoms with Gasteiger partial charge in [-0.15, -0.1) is 12.4 Å². The molecule has 3 rings (SSSR count). The maximum Gasteiger partial charge on any atom is 0.416 e. The van der Waals surface area contributed by atoms with E-state index in [1.54, 1.807) is 6.07 Å². The lowest BCUT2D eigenvalue weighted by atomic mass is 9.75. The zero-order valence-corrected chi connectivity index (χ0v) is 14.7. The van der Waals surface area contributed by atoms with Crippen LogP contribution < -0.4 is 0 Å². The predicted octanol–water partition coefficient (Wildman–Crippen LogP) is 4.60. The minimum absolute atomic E-state index is 0. The molecular weight excluding hydrogens is 339 g/mol. The van der Waals surface area contributed by atoms with E-state index in [0.717, 1.165) is 38.1 Å². The third-order valence-electron chi connectivity index (χ3n) is 5.42. The molecule has 1 aliphatic heterocycles. The van der Waals surface area contributed by atoms with E-state index in [1.165, 1.54) is 18.9 Å². The number of piperidine rings is 1. The van der Waals surface area contributed by atoms with Gasteiger partial charge in [-0.3, -0.25) is 4.90 Å². The molecular formula is C18H25ClF3NO. The van der Waals surface area contributed by atoms with E-state index in [-0.39, 0.29) is 18.3 Å². The van der Waals surface area contributed by atoms with Crippen molar-refractivity contribution < 1.29 is 18.3 Å². The number of nitrogens with zero attached hydrogens (tertiary/aromatic N) is 1. The number of aliphatic hydroxyl groups is 1. The Morgan fingerprint density at radius 3 is 2.42 bits per heavy atom. The van der Waals surface area contributed by atoms with Gasteiger partial charge in [0.15, 0.2) is 0 Å². The third kappa shape index (κ3) is 3.89. The van der Waals surface area contributed by atoms with Crippen molar-refractivity contribution >= 4 is 12.4 Å². The summed E-state index contributed by atoms with van der Waals surface area (Å²) in [7, 11) is 0. The van der Waals surface area contributed by atoms with E-state index in [4.69, 9.17) is 0 Å². The molecule has 2 unspecified atom stereocenters. The number of likely N-dealkylation sites (tertiary alicyclic amines) is 1. The van der Waals surface area contributed by atoms with Gasteiger partial charge in [0.25, 0.3) is 0 Å². The Morgan fingerprint density at radius 2 is 1.83 bits per heavy atom. The topological polar surface area (TPSA) is 23.5 Å². The number of alkyl halides is 3. The Kier molecular flexibility index (Phi) is 5.88. The van der Waals surface area contributed by atoms with Crippen LogP contribution in [0.3, 0.4) is 0 Å². The van der Waals surface area contributed by atoms with E-state index >= 15 is 0 Å². The van der Waals surface area contributed by atoms with Crippen LogP contribution >= 0.6 is 12.4 Å². The smallest absolute Gasteiger partial charge is 0.385 e. The quantitative estimate of drug-likeness (QED) is 0.845. The van der Waals surface area contributed by atoms with Gasteiger partial charge >= 0.3 is 6.18 Å². The number of rotatable bonds is 4. The van der Waals surface area contributed by atoms with Gasteiger partial charge in [0.1, 0.15) is 0 Å². The number of benzene rings is 1. The summed E-state index contributed by atoms with van der Waals surface area (Å²) in [6.45, 7) is 3.69. The second-order valence-electron chi connectivity index (χ2n) is 6.92. The molecule has 0 amide bonds. The van der Waals surface area contributed by atoms with E-state index in [2.05, 4.69) is 4.90 Å². The molecule has 24 heavy (non-hydrogen) atoms. The van der Waals surface area contributed by atoms with Crippen molar-refractivity contribution in [1.29, 1.82) is 0 Å². The number of hydrogen-bond donors (Lipinski definition) is 1. The molecule has 6 heteroatoms. The van der Waals surface area contributed by atoms with Crippen molar-refractivity contribution in [1.82, 2.24) is 4.90 Å². The first-order valence-corrected chi connectivity index (χ1v) is 8.48. The van der Waals surface area contributed by atoms with Gasteiger partial charge in [-0.2, -0.15) is 13.2 Å². The molecule has 1 saturated heterocycles. The standard InChI is InChI=1S/C18H24F3NO.ClH/c1-2-17(23,13-5-3-6-14(11-13)18(19,20)21)15-7-4-10-22(12-15)16-8-9-16;/h3,5-6,11,15-16,23H,2,4,7-10,12H2,1H3;1H. The average Bonchev–Trinajstić information content (AvgIpc) is 3.38. The largest absolute Gasteiger partial charge is 0.416 e. The number of hydrogen-bond acceptors (Lipinski definition) is 2. The van der Waals surface area contributed by atoms with E-state index < -0.39 is 17.3 Å². The highest BCUT2D eigenvalue weighted by atomic mass is 35.5. The average molecular weight is 364 g/mol. The minimum Gasteiger partial charge on any atom is -0.385 e. The molecule has 2 atom stereocenters. The lowest BCUT2D eigenvalue weighted by molar-refractivity contribution is -0.137. The molecule has 0 bridgehead atoms. The van der Waals surface area contributed by atoms with Crippen molar-refractivity contribution in [2.24, 2.45) is 5.92 Å². The summed E-state index contributed by atoms with van der Waals surface area (Å²) in [5.41, 5.74) is -1.47. The van der Waals surface area contributed by atoms with Gasteiger partial charge in [-0.25, -0.2) is 0 Å². The summed E-state index contributed by atoms with van der Waals surface area (Å²) in [6.07, 6.45) is 0.336. The highest BCUT2D eigenvalue weighted by Gasteiger charge is 2.43. The zero-order valence-electron chi connectivity index (χ0n) is 13.9. The first-order valence-electron chi connectivity index (χ1n) is 8.48.